The fraction of sp³-hybridized carbons (Fsp3) is 0.412. The third-order valence-electron chi connectivity index (χ3n) is 3.85. The molecule has 0 saturated carbocycles. The molecule has 0 radical (unpaired) electrons. The molecule has 0 unspecified atom stereocenters. The largest absolute Gasteiger partial charge is 0.311 e. The van der Waals surface area contributed by atoms with Gasteiger partial charge in [0.05, 0.1) is 11.4 Å². The van der Waals surface area contributed by atoms with Crippen LogP contribution in [0.2, 0.25) is 0 Å². The third-order valence-corrected chi connectivity index (χ3v) is 5.58. The number of aryl methyl sites for hydroxylation is 4. The molecular formula is C17H24N4O3S. The van der Waals surface area contributed by atoms with Gasteiger partial charge in [0.25, 0.3) is 0 Å². The molecule has 0 saturated heterocycles. The molecule has 0 bridgehead atoms. The van der Waals surface area contributed by atoms with Crippen LogP contribution in [0, 0.1) is 27.7 Å². The Labute approximate surface area is 148 Å². The maximum absolute atomic E-state index is 12.5. The van der Waals surface area contributed by atoms with E-state index in [0.29, 0.717) is 11.4 Å². The minimum atomic E-state index is -3.68. The van der Waals surface area contributed by atoms with E-state index in [1.54, 1.807) is 18.7 Å². The average Bonchev–Trinajstić information content (AvgIpc) is 2.81. The monoisotopic (exact) mass is 364 g/mol. The van der Waals surface area contributed by atoms with Crippen LogP contribution in [-0.4, -0.2) is 37.6 Å². The summed E-state index contributed by atoms with van der Waals surface area (Å²) in [6.45, 7) is 9.04. The number of nitrogens with zero attached hydrogens (tertiary/aromatic N) is 2. The highest BCUT2D eigenvalue weighted by atomic mass is 32.2. The molecule has 25 heavy (non-hydrogen) atoms. The van der Waals surface area contributed by atoms with Gasteiger partial charge in [-0.25, -0.2) is 13.1 Å². The van der Waals surface area contributed by atoms with E-state index >= 15 is 0 Å². The van der Waals surface area contributed by atoms with Crippen molar-refractivity contribution in [1.82, 2.24) is 14.9 Å². The van der Waals surface area contributed by atoms with Gasteiger partial charge in [-0.05, 0) is 51.0 Å². The summed E-state index contributed by atoms with van der Waals surface area (Å²) in [5, 5.41) is 6.58. The van der Waals surface area contributed by atoms with Gasteiger partial charge in [0.1, 0.15) is 4.90 Å². The van der Waals surface area contributed by atoms with Crippen LogP contribution in [0.25, 0.3) is 0 Å². The predicted molar refractivity (Wildman–Crippen MR) is 97.2 cm³/mol. The molecule has 0 fully saturated rings. The zero-order valence-electron chi connectivity index (χ0n) is 15.2. The lowest BCUT2D eigenvalue weighted by molar-refractivity contribution is -0.116. The molecule has 8 heteroatoms. The molecule has 1 heterocycles. The van der Waals surface area contributed by atoms with E-state index in [1.165, 1.54) is 6.92 Å². The molecule has 7 nitrogen and oxygen atoms in total. The van der Waals surface area contributed by atoms with Crippen molar-refractivity contribution < 1.29 is 13.2 Å². The lowest BCUT2D eigenvalue weighted by Gasteiger charge is -2.22. The second-order valence-corrected chi connectivity index (χ2v) is 7.88. The first-order valence-electron chi connectivity index (χ1n) is 7.99. The predicted octanol–water partition coefficient (Wildman–Crippen LogP) is 1.97. The summed E-state index contributed by atoms with van der Waals surface area (Å²) in [6.07, 6.45) is 0. The molecular weight excluding hydrogens is 340 g/mol. The van der Waals surface area contributed by atoms with Crippen LogP contribution in [0.1, 0.15) is 29.4 Å². The summed E-state index contributed by atoms with van der Waals surface area (Å²) in [4.78, 5) is 13.7. The van der Waals surface area contributed by atoms with Crippen molar-refractivity contribution >= 4 is 21.6 Å². The quantitative estimate of drug-likeness (QED) is 0.819. The van der Waals surface area contributed by atoms with Gasteiger partial charge in [0.2, 0.25) is 15.9 Å². The number of carbonyl (C=O) groups is 1. The minimum absolute atomic E-state index is 0.110. The first-order chi connectivity index (χ1) is 11.6. The number of aromatic nitrogens is 2. The Bertz CT molecular complexity index is 848. The second kappa shape index (κ2) is 7.37. The van der Waals surface area contributed by atoms with E-state index in [4.69, 9.17) is 0 Å². The van der Waals surface area contributed by atoms with Crippen LogP contribution in [0.3, 0.4) is 0 Å². The summed E-state index contributed by atoms with van der Waals surface area (Å²) in [7, 11) is -3.68. The van der Waals surface area contributed by atoms with E-state index in [0.717, 1.165) is 16.8 Å². The number of benzene rings is 1. The van der Waals surface area contributed by atoms with Gasteiger partial charge in [0.15, 0.2) is 0 Å². The van der Waals surface area contributed by atoms with Gasteiger partial charge in [0, 0.05) is 25.7 Å². The van der Waals surface area contributed by atoms with E-state index in [-0.39, 0.29) is 23.9 Å². The van der Waals surface area contributed by atoms with Crippen LogP contribution in [0.5, 0.6) is 0 Å². The topological polar surface area (TPSA) is 95.2 Å². The van der Waals surface area contributed by atoms with Gasteiger partial charge in [-0.3, -0.25) is 9.89 Å². The number of rotatable bonds is 6. The van der Waals surface area contributed by atoms with Gasteiger partial charge in [-0.15, -0.1) is 0 Å². The zero-order chi connectivity index (χ0) is 18.8. The third kappa shape index (κ3) is 4.46. The Morgan fingerprint density at radius 1 is 1.16 bits per heavy atom. The second-order valence-electron chi connectivity index (χ2n) is 6.18. The number of hydrogen-bond acceptors (Lipinski definition) is 4. The summed E-state index contributed by atoms with van der Waals surface area (Å²) in [5.74, 6) is -0.139. The SMILES string of the molecule is CC(=O)N(CCNS(=O)(=O)c1c(C)n[nH]c1C)c1cc(C)cc(C)c1. The van der Waals surface area contributed by atoms with Crippen molar-refractivity contribution in [2.75, 3.05) is 18.0 Å². The van der Waals surface area contributed by atoms with Crippen LogP contribution in [0.15, 0.2) is 23.1 Å². The Morgan fingerprint density at radius 3 is 2.24 bits per heavy atom. The van der Waals surface area contributed by atoms with Gasteiger partial charge < -0.3 is 4.90 Å². The number of amides is 1. The molecule has 1 amide bonds. The molecule has 1 aromatic heterocycles. The Balaban J connectivity index is 2.13. The van der Waals surface area contributed by atoms with Crippen molar-refractivity contribution in [1.29, 1.82) is 0 Å². The number of aromatic amines is 1. The molecule has 2 N–H and O–H groups in total. The van der Waals surface area contributed by atoms with Crippen molar-refractivity contribution in [2.24, 2.45) is 0 Å². The number of sulfonamides is 1. The number of anilines is 1. The fourth-order valence-corrected chi connectivity index (χ4v) is 4.26. The highest BCUT2D eigenvalue weighted by Gasteiger charge is 2.22. The van der Waals surface area contributed by atoms with Crippen LogP contribution < -0.4 is 9.62 Å². The highest BCUT2D eigenvalue weighted by molar-refractivity contribution is 7.89. The summed E-state index contributed by atoms with van der Waals surface area (Å²) < 4.78 is 27.5. The first-order valence-corrected chi connectivity index (χ1v) is 9.48. The molecule has 0 spiro atoms. The average molecular weight is 364 g/mol. The Hall–Kier alpha value is -2.19. The minimum Gasteiger partial charge on any atom is -0.311 e. The van der Waals surface area contributed by atoms with Crippen LogP contribution in [0.4, 0.5) is 5.69 Å². The Kier molecular flexibility index (Phi) is 5.64. The van der Waals surface area contributed by atoms with E-state index in [9.17, 15) is 13.2 Å². The molecule has 2 rings (SSSR count). The maximum Gasteiger partial charge on any atom is 0.244 e. The zero-order valence-corrected chi connectivity index (χ0v) is 16.0. The smallest absolute Gasteiger partial charge is 0.244 e. The Morgan fingerprint density at radius 2 is 1.76 bits per heavy atom. The number of carbonyl (C=O) groups excluding carboxylic acids is 1. The number of hydrogen-bond donors (Lipinski definition) is 2. The highest BCUT2D eigenvalue weighted by Crippen LogP contribution is 2.19. The van der Waals surface area contributed by atoms with Gasteiger partial charge >= 0.3 is 0 Å². The van der Waals surface area contributed by atoms with E-state index in [2.05, 4.69) is 14.9 Å². The molecule has 0 aliphatic heterocycles. The summed E-state index contributed by atoms with van der Waals surface area (Å²) in [6, 6.07) is 5.84. The number of H-pyrrole nitrogens is 1. The van der Waals surface area contributed by atoms with Gasteiger partial charge in [-0.2, -0.15) is 5.10 Å². The lowest BCUT2D eigenvalue weighted by atomic mass is 10.1. The van der Waals surface area contributed by atoms with Crippen molar-refractivity contribution in [3.8, 4) is 0 Å². The lowest BCUT2D eigenvalue weighted by Crippen LogP contribution is -2.37. The van der Waals surface area contributed by atoms with Crippen molar-refractivity contribution in [2.45, 2.75) is 39.5 Å². The number of nitrogens with one attached hydrogen (secondary N) is 2. The van der Waals surface area contributed by atoms with Crippen molar-refractivity contribution in [3.05, 3.63) is 40.7 Å². The molecule has 136 valence electrons. The molecule has 0 aliphatic rings. The maximum atomic E-state index is 12.5. The first kappa shape index (κ1) is 19.1. The summed E-state index contributed by atoms with van der Waals surface area (Å²) in [5.41, 5.74) is 3.77. The van der Waals surface area contributed by atoms with Crippen LogP contribution in [-0.2, 0) is 14.8 Å². The molecule has 0 atom stereocenters. The normalized spacial score (nSPS) is 11.6. The van der Waals surface area contributed by atoms with E-state index < -0.39 is 10.0 Å². The standard InChI is InChI=1S/C17H24N4O3S/c1-11-8-12(2)10-16(9-11)21(15(5)22)7-6-18-25(23,24)17-13(3)19-20-14(17)4/h8-10,18H,6-7H2,1-5H3,(H,19,20). The van der Waals surface area contributed by atoms with Crippen molar-refractivity contribution in [3.63, 3.8) is 0 Å². The molecule has 2 aromatic rings. The summed E-state index contributed by atoms with van der Waals surface area (Å²) >= 11 is 0. The molecule has 0 aliphatic carbocycles. The fourth-order valence-electron chi connectivity index (χ4n) is 2.88. The van der Waals surface area contributed by atoms with E-state index in [1.807, 2.05) is 32.0 Å². The van der Waals surface area contributed by atoms with Gasteiger partial charge in [-0.1, -0.05) is 6.07 Å². The molecule has 1 aromatic carbocycles. The van der Waals surface area contributed by atoms with Crippen LogP contribution >= 0.6 is 0 Å².